The van der Waals surface area contributed by atoms with Crippen molar-refractivity contribution in [3.05, 3.63) is 34.9 Å². The third kappa shape index (κ3) is 1.60. The number of fused-ring (bicyclic) bond motifs is 1. The monoisotopic (exact) mass is 176 g/mol. The maximum Gasteiger partial charge on any atom is 0.0318 e. The van der Waals surface area contributed by atoms with Gasteiger partial charge in [0.05, 0.1) is 0 Å². The van der Waals surface area contributed by atoms with Gasteiger partial charge in [-0.2, -0.15) is 0 Å². The lowest BCUT2D eigenvalue weighted by Crippen LogP contribution is -2.37. The van der Waals surface area contributed by atoms with Crippen LogP contribution in [-0.2, 0) is 12.8 Å². The van der Waals surface area contributed by atoms with E-state index >= 15 is 0 Å². The van der Waals surface area contributed by atoms with Crippen molar-refractivity contribution in [1.29, 1.82) is 0 Å². The quantitative estimate of drug-likeness (QED) is 0.515. The summed E-state index contributed by atoms with van der Waals surface area (Å²) in [6, 6.07) is 7.18. The number of aryl methyl sites for hydroxylation is 1. The molecule has 2 N–H and O–H groups in total. The van der Waals surface area contributed by atoms with Crippen LogP contribution >= 0.6 is 0 Å². The Morgan fingerprint density at radius 3 is 2.69 bits per heavy atom. The predicted molar refractivity (Wildman–Crippen MR) is 54.3 cm³/mol. The Bertz CT molecular complexity index is 318. The summed E-state index contributed by atoms with van der Waals surface area (Å²) in [5, 5.41) is 1.83. The fraction of sp³-hybridized carbons (Fsp3) is 0.455. The molecule has 13 heavy (non-hydrogen) atoms. The van der Waals surface area contributed by atoms with Crippen molar-refractivity contribution in [2.75, 3.05) is 7.05 Å². The number of benzene rings is 1. The van der Waals surface area contributed by atoms with Crippen molar-refractivity contribution in [3.63, 3.8) is 0 Å². The number of nitrogens with zero attached hydrogens (tertiary/aromatic N) is 1. The van der Waals surface area contributed by atoms with E-state index in [4.69, 9.17) is 5.84 Å². The normalized spacial score (nSPS) is 20.8. The average Bonchev–Trinajstić information content (AvgIpc) is 2.46. The highest BCUT2D eigenvalue weighted by molar-refractivity contribution is 5.36. The summed E-state index contributed by atoms with van der Waals surface area (Å²) >= 11 is 0. The van der Waals surface area contributed by atoms with Crippen LogP contribution in [0.15, 0.2) is 18.2 Å². The van der Waals surface area contributed by atoms with Crippen LogP contribution in [0.4, 0.5) is 0 Å². The predicted octanol–water partition coefficient (Wildman–Crippen LogP) is 1.27. The first-order chi connectivity index (χ1) is 6.16. The van der Waals surface area contributed by atoms with Crippen LogP contribution in [-0.4, -0.2) is 18.1 Å². The van der Waals surface area contributed by atoms with Crippen molar-refractivity contribution < 1.29 is 0 Å². The number of rotatable bonds is 1. The van der Waals surface area contributed by atoms with E-state index in [2.05, 4.69) is 25.1 Å². The van der Waals surface area contributed by atoms with Crippen LogP contribution in [0.1, 0.15) is 16.7 Å². The second-order valence-corrected chi connectivity index (χ2v) is 4.00. The molecule has 0 aliphatic heterocycles. The summed E-state index contributed by atoms with van der Waals surface area (Å²) in [6.45, 7) is 2.14. The van der Waals surface area contributed by atoms with E-state index in [-0.39, 0.29) is 0 Å². The Hall–Kier alpha value is -0.860. The van der Waals surface area contributed by atoms with Gasteiger partial charge in [0, 0.05) is 13.1 Å². The maximum atomic E-state index is 5.75. The molecule has 1 aromatic carbocycles. The molecule has 0 radical (unpaired) electrons. The van der Waals surface area contributed by atoms with Crippen molar-refractivity contribution >= 4 is 0 Å². The summed E-state index contributed by atoms with van der Waals surface area (Å²) < 4.78 is 0. The molecule has 70 valence electrons. The van der Waals surface area contributed by atoms with E-state index in [1.165, 1.54) is 16.7 Å². The average molecular weight is 176 g/mol. The van der Waals surface area contributed by atoms with Crippen LogP contribution in [0.2, 0.25) is 0 Å². The zero-order valence-electron chi connectivity index (χ0n) is 8.25. The number of nitrogens with two attached hydrogens (primary N) is 1. The molecule has 1 atom stereocenters. The lowest BCUT2D eigenvalue weighted by atomic mass is 10.1. The molecule has 0 amide bonds. The number of hydrogen-bond acceptors (Lipinski definition) is 2. The van der Waals surface area contributed by atoms with Gasteiger partial charge in [-0.25, -0.2) is 5.01 Å². The van der Waals surface area contributed by atoms with Gasteiger partial charge >= 0.3 is 0 Å². The summed E-state index contributed by atoms with van der Waals surface area (Å²) in [6.07, 6.45) is 2.20. The van der Waals surface area contributed by atoms with Crippen molar-refractivity contribution in [1.82, 2.24) is 5.01 Å². The minimum atomic E-state index is 0.497. The minimum absolute atomic E-state index is 0.497. The van der Waals surface area contributed by atoms with Crippen molar-refractivity contribution in [3.8, 4) is 0 Å². The van der Waals surface area contributed by atoms with Gasteiger partial charge in [-0.05, 0) is 30.9 Å². The van der Waals surface area contributed by atoms with Gasteiger partial charge in [0.15, 0.2) is 0 Å². The molecule has 2 nitrogen and oxygen atoms in total. The highest BCUT2D eigenvalue weighted by Crippen LogP contribution is 2.24. The second-order valence-electron chi connectivity index (χ2n) is 4.00. The van der Waals surface area contributed by atoms with Crippen LogP contribution in [0.5, 0.6) is 0 Å². The van der Waals surface area contributed by atoms with Gasteiger partial charge in [0.1, 0.15) is 0 Å². The van der Waals surface area contributed by atoms with Crippen LogP contribution in [0, 0.1) is 6.92 Å². The molecule has 1 aromatic rings. The van der Waals surface area contributed by atoms with Gasteiger partial charge in [0.25, 0.3) is 0 Å². The van der Waals surface area contributed by atoms with Crippen LogP contribution in [0.3, 0.4) is 0 Å². The zero-order valence-corrected chi connectivity index (χ0v) is 8.25. The van der Waals surface area contributed by atoms with Gasteiger partial charge in [-0.1, -0.05) is 23.8 Å². The summed E-state index contributed by atoms with van der Waals surface area (Å²) in [5.74, 6) is 5.75. The third-order valence-corrected chi connectivity index (χ3v) is 2.85. The molecule has 1 aliphatic rings. The van der Waals surface area contributed by atoms with E-state index in [0.717, 1.165) is 12.8 Å². The topological polar surface area (TPSA) is 29.3 Å². The number of hydrogen-bond donors (Lipinski definition) is 1. The summed E-state index contributed by atoms with van der Waals surface area (Å²) in [7, 11) is 1.95. The Kier molecular flexibility index (Phi) is 2.10. The van der Waals surface area contributed by atoms with Crippen LogP contribution < -0.4 is 5.84 Å². The Morgan fingerprint density at radius 2 is 2.00 bits per heavy atom. The first-order valence-corrected chi connectivity index (χ1v) is 4.73. The molecule has 0 saturated heterocycles. The molecule has 0 bridgehead atoms. The summed E-state index contributed by atoms with van der Waals surface area (Å²) in [4.78, 5) is 0. The molecule has 0 saturated carbocycles. The first kappa shape index (κ1) is 8.73. The highest BCUT2D eigenvalue weighted by Gasteiger charge is 2.22. The second kappa shape index (κ2) is 3.13. The molecule has 0 fully saturated rings. The smallest absolute Gasteiger partial charge is 0.0318 e. The molecule has 2 heteroatoms. The van der Waals surface area contributed by atoms with Crippen molar-refractivity contribution in [2.24, 2.45) is 5.84 Å². The first-order valence-electron chi connectivity index (χ1n) is 4.73. The van der Waals surface area contributed by atoms with E-state index in [1.54, 1.807) is 0 Å². The van der Waals surface area contributed by atoms with E-state index in [9.17, 15) is 0 Å². The zero-order chi connectivity index (χ0) is 9.42. The van der Waals surface area contributed by atoms with Crippen LogP contribution in [0.25, 0.3) is 0 Å². The van der Waals surface area contributed by atoms with E-state index < -0.39 is 0 Å². The molecule has 1 aliphatic carbocycles. The van der Waals surface area contributed by atoms with Crippen molar-refractivity contribution in [2.45, 2.75) is 25.8 Å². The molecular weight excluding hydrogens is 160 g/mol. The maximum absolute atomic E-state index is 5.75. The third-order valence-electron chi connectivity index (χ3n) is 2.85. The number of hydrazine groups is 1. The molecule has 0 aromatic heterocycles. The highest BCUT2D eigenvalue weighted by atomic mass is 15.4. The Labute approximate surface area is 79.3 Å². The Morgan fingerprint density at radius 1 is 1.31 bits per heavy atom. The largest absolute Gasteiger partial charge is 0.269 e. The molecular formula is C11H16N2. The van der Waals surface area contributed by atoms with Gasteiger partial charge in [0.2, 0.25) is 0 Å². The standard InChI is InChI=1S/C11H16N2/c1-8-3-4-9-6-11(13(2)12)7-10(9)5-8/h3-5,11H,6-7,12H2,1-2H3. The molecule has 1 unspecified atom stereocenters. The number of likely N-dealkylation sites (N-methyl/N-ethyl adjacent to an activating group) is 1. The van der Waals surface area contributed by atoms with Gasteiger partial charge < -0.3 is 0 Å². The fourth-order valence-electron chi connectivity index (χ4n) is 2.01. The SMILES string of the molecule is Cc1ccc2c(c1)CC(N(C)N)C2. The van der Waals surface area contributed by atoms with Gasteiger partial charge in [-0.3, -0.25) is 5.84 Å². The molecule has 2 rings (SSSR count). The minimum Gasteiger partial charge on any atom is -0.269 e. The summed E-state index contributed by atoms with van der Waals surface area (Å²) in [5.41, 5.74) is 4.29. The molecule has 0 spiro atoms. The fourth-order valence-corrected chi connectivity index (χ4v) is 2.01. The Balaban J connectivity index is 2.25. The lowest BCUT2D eigenvalue weighted by molar-refractivity contribution is 0.257. The van der Waals surface area contributed by atoms with E-state index in [1.807, 2.05) is 12.1 Å². The lowest BCUT2D eigenvalue weighted by Gasteiger charge is -2.17. The van der Waals surface area contributed by atoms with Gasteiger partial charge in [-0.15, -0.1) is 0 Å². The molecule has 0 heterocycles. The van der Waals surface area contributed by atoms with E-state index in [0.29, 0.717) is 6.04 Å².